The Balaban J connectivity index is 1.75. The molecule has 0 atom stereocenters. The number of hydrogen-bond acceptors (Lipinski definition) is 5. The molecule has 0 unspecified atom stereocenters. The number of fused-ring (bicyclic) bond motifs is 1. The van der Waals surface area contributed by atoms with Crippen molar-refractivity contribution in [1.29, 1.82) is 0 Å². The first-order chi connectivity index (χ1) is 14.2. The lowest BCUT2D eigenvalue weighted by Crippen LogP contribution is -2.15. The standard InChI is InChI=1S/C21H19N3O4S2/c1-15-3-9-19(10-4-15)29(25,26)23-18-8-7-17-14-22-24(21(17)13-18)30(27,28)20-11-5-16(2)6-12-20/h3-14,23H,1-2H3. The Labute approximate surface area is 175 Å². The Hall–Kier alpha value is -3.17. The Kier molecular flexibility index (Phi) is 4.87. The first-order valence-electron chi connectivity index (χ1n) is 9.06. The zero-order chi connectivity index (χ0) is 21.5. The molecule has 0 amide bonds. The van der Waals surface area contributed by atoms with Crippen molar-refractivity contribution in [3.05, 3.63) is 84.1 Å². The lowest BCUT2D eigenvalue weighted by Gasteiger charge is -2.10. The quantitative estimate of drug-likeness (QED) is 0.509. The smallest absolute Gasteiger partial charge is 0.280 e. The van der Waals surface area contributed by atoms with Crippen molar-refractivity contribution >= 4 is 36.6 Å². The number of aromatic nitrogens is 2. The topological polar surface area (TPSA) is 98.1 Å². The summed E-state index contributed by atoms with van der Waals surface area (Å²) < 4.78 is 54.8. The van der Waals surface area contributed by atoms with Crippen LogP contribution in [0.2, 0.25) is 0 Å². The molecular formula is C21H19N3O4S2. The molecule has 0 saturated heterocycles. The second-order valence-corrected chi connectivity index (χ2v) is 10.4. The summed E-state index contributed by atoms with van der Waals surface area (Å²) >= 11 is 0. The van der Waals surface area contributed by atoms with E-state index in [-0.39, 0.29) is 21.0 Å². The van der Waals surface area contributed by atoms with E-state index in [0.717, 1.165) is 15.2 Å². The van der Waals surface area contributed by atoms with E-state index >= 15 is 0 Å². The van der Waals surface area contributed by atoms with E-state index in [4.69, 9.17) is 0 Å². The summed E-state index contributed by atoms with van der Waals surface area (Å²) in [4.78, 5) is 0.220. The van der Waals surface area contributed by atoms with Crippen molar-refractivity contribution in [2.75, 3.05) is 4.72 Å². The van der Waals surface area contributed by atoms with Gasteiger partial charge in [-0.25, -0.2) is 8.42 Å². The molecule has 9 heteroatoms. The third-order valence-electron chi connectivity index (χ3n) is 4.67. The van der Waals surface area contributed by atoms with Crippen LogP contribution in [0.4, 0.5) is 5.69 Å². The molecule has 0 spiro atoms. The maximum Gasteiger partial charge on any atom is 0.283 e. The molecule has 3 aromatic carbocycles. The number of nitrogens with one attached hydrogen (secondary N) is 1. The minimum Gasteiger partial charge on any atom is -0.280 e. The average Bonchev–Trinajstić information content (AvgIpc) is 3.12. The molecule has 1 heterocycles. The molecule has 30 heavy (non-hydrogen) atoms. The molecule has 0 saturated carbocycles. The minimum atomic E-state index is -3.93. The van der Waals surface area contributed by atoms with Crippen molar-refractivity contribution in [1.82, 2.24) is 9.19 Å². The predicted molar refractivity (Wildman–Crippen MR) is 115 cm³/mol. The van der Waals surface area contributed by atoms with Gasteiger partial charge < -0.3 is 0 Å². The van der Waals surface area contributed by atoms with Crippen LogP contribution in [0.5, 0.6) is 0 Å². The fourth-order valence-corrected chi connectivity index (χ4v) is 5.31. The van der Waals surface area contributed by atoms with Crippen LogP contribution in [0, 0.1) is 13.8 Å². The van der Waals surface area contributed by atoms with Gasteiger partial charge in [-0.2, -0.15) is 17.6 Å². The fourth-order valence-electron chi connectivity index (χ4n) is 2.99. The first-order valence-corrected chi connectivity index (χ1v) is 12.0. The summed E-state index contributed by atoms with van der Waals surface area (Å²) in [7, 11) is -7.74. The van der Waals surface area contributed by atoms with Crippen LogP contribution < -0.4 is 4.72 Å². The van der Waals surface area contributed by atoms with Crippen molar-refractivity contribution in [3.63, 3.8) is 0 Å². The highest BCUT2D eigenvalue weighted by atomic mass is 32.2. The predicted octanol–water partition coefficient (Wildman–Crippen LogP) is 3.69. The number of rotatable bonds is 5. The van der Waals surface area contributed by atoms with Gasteiger partial charge in [-0.05, 0) is 56.3 Å². The maximum absolute atomic E-state index is 13.0. The summed E-state index contributed by atoms with van der Waals surface area (Å²) in [6.07, 6.45) is 1.43. The van der Waals surface area contributed by atoms with Gasteiger partial charge in [0.25, 0.3) is 20.0 Å². The van der Waals surface area contributed by atoms with E-state index < -0.39 is 20.0 Å². The Morgan fingerprint density at radius 2 is 1.33 bits per heavy atom. The molecule has 0 aliphatic heterocycles. The molecule has 154 valence electrons. The summed E-state index contributed by atoms with van der Waals surface area (Å²) in [5, 5.41) is 4.60. The number of nitrogens with zero attached hydrogens (tertiary/aromatic N) is 2. The van der Waals surface area contributed by atoms with Crippen molar-refractivity contribution < 1.29 is 16.8 Å². The van der Waals surface area contributed by atoms with Crippen molar-refractivity contribution in [3.8, 4) is 0 Å². The Bertz CT molecular complexity index is 1440. The Morgan fingerprint density at radius 1 is 0.767 bits per heavy atom. The van der Waals surface area contributed by atoms with Crippen LogP contribution >= 0.6 is 0 Å². The average molecular weight is 442 g/mol. The van der Waals surface area contributed by atoms with Crippen LogP contribution in [0.25, 0.3) is 10.9 Å². The number of benzene rings is 3. The van der Waals surface area contributed by atoms with Gasteiger partial charge in [0, 0.05) is 5.39 Å². The van der Waals surface area contributed by atoms with Crippen LogP contribution in [0.15, 0.2) is 82.7 Å². The molecule has 4 aromatic rings. The van der Waals surface area contributed by atoms with Crippen molar-refractivity contribution in [2.24, 2.45) is 0 Å². The lowest BCUT2D eigenvalue weighted by molar-refractivity contribution is 0.582. The van der Waals surface area contributed by atoms with E-state index in [2.05, 4.69) is 9.82 Å². The molecule has 0 fully saturated rings. The monoisotopic (exact) mass is 441 g/mol. The second-order valence-electron chi connectivity index (χ2n) is 7.00. The fraction of sp³-hybridized carbons (Fsp3) is 0.0952. The highest BCUT2D eigenvalue weighted by molar-refractivity contribution is 7.92. The summed E-state index contributed by atoms with van der Waals surface area (Å²) in [5.41, 5.74) is 2.40. The van der Waals surface area contributed by atoms with Gasteiger partial charge in [-0.1, -0.05) is 35.4 Å². The number of sulfonamides is 1. The van der Waals surface area contributed by atoms with Gasteiger partial charge >= 0.3 is 0 Å². The van der Waals surface area contributed by atoms with Gasteiger partial charge in [-0.15, -0.1) is 0 Å². The zero-order valence-electron chi connectivity index (χ0n) is 16.3. The number of aryl methyl sites for hydroxylation is 2. The minimum absolute atomic E-state index is 0.101. The third-order valence-corrected chi connectivity index (χ3v) is 7.68. The lowest BCUT2D eigenvalue weighted by atomic mass is 10.2. The molecule has 0 aliphatic carbocycles. The summed E-state index contributed by atoms with van der Waals surface area (Å²) in [6, 6.07) is 17.5. The van der Waals surface area contributed by atoms with Crippen LogP contribution in [-0.2, 0) is 20.0 Å². The van der Waals surface area contributed by atoms with E-state index in [1.807, 2.05) is 13.8 Å². The summed E-state index contributed by atoms with van der Waals surface area (Å²) in [6.45, 7) is 3.74. The van der Waals surface area contributed by atoms with Gasteiger partial charge in [0.05, 0.1) is 27.2 Å². The van der Waals surface area contributed by atoms with Gasteiger partial charge in [0.2, 0.25) is 0 Å². The van der Waals surface area contributed by atoms with Gasteiger partial charge in [0.15, 0.2) is 0 Å². The summed E-state index contributed by atoms with van der Waals surface area (Å²) in [5.74, 6) is 0. The molecule has 7 nitrogen and oxygen atoms in total. The highest BCUT2D eigenvalue weighted by Gasteiger charge is 2.21. The van der Waals surface area contributed by atoms with E-state index in [1.54, 1.807) is 36.4 Å². The normalized spacial score (nSPS) is 12.2. The SMILES string of the molecule is Cc1ccc(S(=O)(=O)Nc2ccc3cnn(S(=O)(=O)c4ccc(C)cc4)c3c2)cc1. The van der Waals surface area contributed by atoms with Gasteiger partial charge in [-0.3, -0.25) is 4.72 Å². The Morgan fingerprint density at radius 3 is 1.93 bits per heavy atom. The van der Waals surface area contributed by atoms with E-state index in [9.17, 15) is 16.8 Å². The highest BCUT2D eigenvalue weighted by Crippen LogP contribution is 2.25. The number of anilines is 1. The number of hydrogen-bond donors (Lipinski definition) is 1. The maximum atomic E-state index is 13.0. The largest absolute Gasteiger partial charge is 0.283 e. The van der Waals surface area contributed by atoms with Crippen LogP contribution in [0.3, 0.4) is 0 Å². The first kappa shape index (κ1) is 20.1. The zero-order valence-corrected chi connectivity index (χ0v) is 17.9. The van der Waals surface area contributed by atoms with E-state index in [0.29, 0.717) is 5.39 Å². The molecule has 0 bridgehead atoms. The second kappa shape index (κ2) is 7.26. The van der Waals surface area contributed by atoms with E-state index in [1.165, 1.54) is 36.5 Å². The third kappa shape index (κ3) is 3.69. The molecule has 1 N–H and O–H groups in total. The molecule has 1 aromatic heterocycles. The molecule has 0 radical (unpaired) electrons. The molecular weight excluding hydrogens is 422 g/mol. The molecule has 0 aliphatic rings. The van der Waals surface area contributed by atoms with Crippen LogP contribution in [0.1, 0.15) is 11.1 Å². The molecule has 4 rings (SSSR count). The van der Waals surface area contributed by atoms with Crippen molar-refractivity contribution in [2.45, 2.75) is 23.6 Å². The van der Waals surface area contributed by atoms with Crippen LogP contribution in [-0.4, -0.2) is 26.0 Å². The van der Waals surface area contributed by atoms with Gasteiger partial charge in [0.1, 0.15) is 0 Å².